The number of ketones is 1. The summed E-state index contributed by atoms with van der Waals surface area (Å²) in [5.41, 5.74) is 0.901. The SMILES string of the molecule is CCCc1nc2ccccc2c(C)c1C(=O)C(F)(F)F. The van der Waals surface area contributed by atoms with Gasteiger partial charge in [0.2, 0.25) is 0 Å². The van der Waals surface area contributed by atoms with Crippen molar-refractivity contribution in [3.05, 3.63) is 41.1 Å². The average Bonchev–Trinajstić information content (AvgIpc) is 2.38. The lowest BCUT2D eigenvalue weighted by Crippen LogP contribution is -2.25. The molecule has 2 nitrogen and oxygen atoms in total. The number of aromatic nitrogens is 1. The predicted octanol–water partition coefficient (Wildman–Crippen LogP) is 4.24. The first-order valence-corrected chi connectivity index (χ1v) is 6.36. The van der Waals surface area contributed by atoms with E-state index in [1.165, 1.54) is 0 Å². The van der Waals surface area contributed by atoms with Gasteiger partial charge in [-0.3, -0.25) is 9.78 Å². The van der Waals surface area contributed by atoms with Crippen molar-refractivity contribution < 1.29 is 18.0 Å². The molecule has 1 heterocycles. The van der Waals surface area contributed by atoms with Crippen molar-refractivity contribution in [1.82, 2.24) is 4.98 Å². The molecular formula is C15H14F3NO. The molecule has 0 N–H and O–H groups in total. The molecule has 106 valence electrons. The van der Waals surface area contributed by atoms with Gasteiger partial charge < -0.3 is 0 Å². The summed E-state index contributed by atoms with van der Waals surface area (Å²) in [6.45, 7) is 3.39. The number of para-hydroxylation sites is 1. The standard InChI is InChI=1S/C15H14F3NO/c1-3-6-12-13(14(20)15(16,17)18)9(2)10-7-4-5-8-11(10)19-12/h4-5,7-8H,3,6H2,1-2H3. The number of fused-ring (bicyclic) bond motifs is 1. The zero-order valence-corrected chi connectivity index (χ0v) is 11.2. The van der Waals surface area contributed by atoms with Gasteiger partial charge in [0.15, 0.2) is 0 Å². The Labute approximate surface area is 114 Å². The zero-order chi connectivity index (χ0) is 14.9. The maximum absolute atomic E-state index is 12.8. The second-order valence-electron chi connectivity index (χ2n) is 4.65. The summed E-state index contributed by atoms with van der Waals surface area (Å²) < 4.78 is 38.3. The molecule has 0 spiro atoms. The van der Waals surface area contributed by atoms with Gasteiger partial charge >= 0.3 is 6.18 Å². The molecule has 0 aliphatic heterocycles. The molecule has 2 rings (SSSR count). The Morgan fingerprint density at radius 3 is 2.50 bits per heavy atom. The minimum Gasteiger partial charge on any atom is -0.284 e. The first-order valence-electron chi connectivity index (χ1n) is 6.36. The van der Waals surface area contributed by atoms with Crippen LogP contribution in [0, 0.1) is 6.92 Å². The number of rotatable bonds is 3. The number of Topliss-reactive ketones (excluding diaryl/α,β-unsaturated/α-hetero) is 1. The van der Waals surface area contributed by atoms with Crippen molar-refractivity contribution in [1.29, 1.82) is 0 Å². The number of hydrogen-bond donors (Lipinski definition) is 0. The summed E-state index contributed by atoms with van der Waals surface area (Å²) in [6, 6.07) is 6.91. The Balaban J connectivity index is 2.76. The van der Waals surface area contributed by atoms with Crippen molar-refractivity contribution in [2.75, 3.05) is 0 Å². The molecule has 0 aliphatic carbocycles. The number of halogens is 3. The highest BCUT2D eigenvalue weighted by Gasteiger charge is 2.41. The van der Waals surface area contributed by atoms with Gasteiger partial charge in [-0.15, -0.1) is 0 Å². The van der Waals surface area contributed by atoms with Crippen molar-refractivity contribution in [3.8, 4) is 0 Å². The van der Waals surface area contributed by atoms with Crippen molar-refractivity contribution in [2.45, 2.75) is 32.9 Å². The first kappa shape index (κ1) is 14.5. The third kappa shape index (κ3) is 2.53. The van der Waals surface area contributed by atoms with E-state index < -0.39 is 12.0 Å². The Bertz CT molecular complexity index is 662. The van der Waals surface area contributed by atoms with Crippen LogP contribution in [0.1, 0.15) is 35.0 Å². The molecule has 0 saturated heterocycles. The van der Waals surface area contributed by atoms with Crippen LogP contribution >= 0.6 is 0 Å². The van der Waals surface area contributed by atoms with Crippen LogP contribution in [-0.2, 0) is 6.42 Å². The number of nitrogens with zero attached hydrogens (tertiary/aromatic N) is 1. The fourth-order valence-corrected chi connectivity index (χ4v) is 2.30. The summed E-state index contributed by atoms with van der Waals surface area (Å²) in [5, 5.41) is 0.583. The predicted molar refractivity (Wildman–Crippen MR) is 70.9 cm³/mol. The van der Waals surface area contributed by atoms with Gasteiger partial charge in [0.1, 0.15) is 0 Å². The van der Waals surface area contributed by atoms with Crippen molar-refractivity contribution in [3.63, 3.8) is 0 Å². The Hall–Kier alpha value is -1.91. The summed E-state index contributed by atoms with van der Waals surface area (Å²) in [5.74, 6) is -1.81. The summed E-state index contributed by atoms with van der Waals surface area (Å²) in [6.07, 6.45) is -3.90. The van der Waals surface area contributed by atoms with E-state index in [1.54, 1.807) is 31.2 Å². The molecular weight excluding hydrogens is 267 g/mol. The second-order valence-corrected chi connectivity index (χ2v) is 4.65. The van der Waals surface area contributed by atoms with E-state index in [-0.39, 0.29) is 11.3 Å². The lowest BCUT2D eigenvalue weighted by molar-refractivity contribution is -0.0886. The van der Waals surface area contributed by atoms with Gasteiger partial charge in [-0.05, 0) is 25.0 Å². The molecule has 0 radical (unpaired) electrons. The molecule has 0 bridgehead atoms. The average molecular weight is 281 g/mol. The number of aryl methyl sites for hydroxylation is 2. The Morgan fingerprint density at radius 2 is 1.90 bits per heavy atom. The van der Waals surface area contributed by atoms with E-state index in [2.05, 4.69) is 4.98 Å². The van der Waals surface area contributed by atoms with Crippen LogP contribution in [0.5, 0.6) is 0 Å². The molecule has 0 saturated carbocycles. The largest absolute Gasteiger partial charge is 0.454 e. The topological polar surface area (TPSA) is 30.0 Å². The third-order valence-corrected chi connectivity index (χ3v) is 3.20. The Morgan fingerprint density at radius 1 is 1.25 bits per heavy atom. The number of alkyl halides is 3. The van der Waals surface area contributed by atoms with Crippen LogP contribution in [0.15, 0.2) is 24.3 Å². The maximum atomic E-state index is 12.8. The van der Waals surface area contributed by atoms with Crippen molar-refractivity contribution >= 4 is 16.7 Å². The van der Waals surface area contributed by atoms with Crippen LogP contribution in [0.25, 0.3) is 10.9 Å². The molecule has 2 aromatic rings. The van der Waals surface area contributed by atoms with Gasteiger partial charge in [0, 0.05) is 5.39 Å². The zero-order valence-electron chi connectivity index (χ0n) is 11.2. The summed E-state index contributed by atoms with van der Waals surface area (Å²) >= 11 is 0. The highest BCUT2D eigenvalue weighted by atomic mass is 19.4. The summed E-state index contributed by atoms with van der Waals surface area (Å²) in [4.78, 5) is 15.9. The van der Waals surface area contributed by atoms with Gasteiger partial charge in [-0.25, -0.2) is 0 Å². The third-order valence-electron chi connectivity index (χ3n) is 3.20. The number of benzene rings is 1. The molecule has 5 heteroatoms. The minimum absolute atomic E-state index is 0.228. The van der Waals surface area contributed by atoms with Crippen LogP contribution < -0.4 is 0 Å². The fourth-order valence-electron chi connectivity index (χ4n) is 2.30. The maximum Gasteiger partial charge on any atom is 0.454 e. The van der Waals surface area contributed by atoms with Crippen LogP contribution in [0.2, 0.25) is 0 Å². The second kappa shape index (κ2) is 5.23. The van der Waals surface area contributed by atoms with E-state index in [1.807, 2.05) is 6.92 Å². The molecule has 0 unspecified atom stereocenters. The number of carbonyl (C=O) groups is 1. The Kier molecular flexibility index (Phi) is 3.79. The van der Waals surface area contributed by atoms with E-state index >= 15 is 0 Å². The minimum atomic E-state index is -4.88. The lowest BCUT2D eigenvalue weighted by atomic mass is 9.96. The number of hydrogen-bond acceptors (Lipinski definition) is 2. The van der Waals surface area contributed by atoms with Gasteiger partial charge in [-0.1, -0.05) is 31.5 Å². The van der Waals surface area contributed by atoms with Crippen LogP contribution in [0.4, 0.5) is 13.2 Å². The van der Waals surface area contributed by atoms with Crippen molar-refractivity contribution in [2.24, 2.45) is 0 Å². The lowest BCUT2D eigenvalue weighted by Gasteiger charge is -2.14. The molecule has 0 atom stereocenters. The van der Waals surface area contributed by atoms with Crippen LogP contribution in [-0.4, -0.2) is 16.9 Å². The van der Waals surface area contributed by atoms with E-state index in [0.717, 1.165) is 0 Å². The van der Waals surface area contributed by atoms with Gasteiger partial charge in [0.25, 0.3) is 5.78 Å². The number of pyridine rings is 1. The van der Waals surface area contributed by atoms with E-state index in [0.29, 0.717) is 29.3 Å². The monoisotopic (exact) mass is 281 g/mol. The highest BCUT2D eigenvalue weighted by molar-refractivity contribution is 6.05. The van der Waals surface area contributed by atoms with Crippen LogP contribution in [0.3, 0.4) is 0 Å². The molecule has 0 amide bonds. The normalized spacial score (nSPS) is 11.8. The molecule has 1 aromatic carbocycles. The molecule has 0 aliphatic rings. The molecule has 1 aromatic heterocycles. The quantitative estimate of drug-likeness (QED) is 0.788. The first-order chi connectivity index (χ1) is 9.36. The highest BCUT2D eigenvalue weighted by Crippen LogP contribution is 2.29. The molecule has 20 heavy (non-hydrogen) atoms. The summed E-state index contributed by atoms with van der Waals surface area (Å²) in [7, 11) is 0. The fraction of sp³-hybridized carbons (Fsp3) is 0.333. The van der Waals surface area contributed by atoms with E-state index in [4.69, 9.17) is 0 Å². The van der Waals surface area contributed by atoms with E-state index in [9.17, 15) is 18.0 Å². The van der Waals surface area contributed by atoms with Gasteiger partial charge in [-0.2, -0.15) is 13.2 Å². The van der Waals surface area contributed by atoms with Gasteiger partial charge in [0.05, 0.1) is 16.8 Å². The number of carbonyl (C=O) groups excluding carboxylic acids is 1. The molecule has 0 fully saturated rings. The smallest absolute Gasteiger partial charge is 0.284 e.